The lowest BCUT2D eigenvalue weighted by Gasteiger charge is -2.29. The molecule has 0 atom stereocenters. The molecule has 0 aliphatic carbocycles. The summed E-state index contributed by atoms with van der Waals surface area (Å²) >= 11 is 1.18. The second-order valence-corrected chi connectivity index (χ2v) is 9.72. The monoisotopic (exact) mass is 534 g/mol. The molecule has 1 aromatic heterocycles. The number of methoxy groups -OCH3 is 1. The zero-order valence-electron chi connectivity index (χ0n) is 20.9. The van der Waals surface area contributed by atoms with Gasteiger partial charge in [0.25, 0.3) is 5.56 Å². The van der Waals surface area contributed by atoms with E-state index in [0.717, 1.165) is 30.1 Å². The molecule has 0 saturated carbocycles. The molecule has 1 saturated heterocycles. The van der Waals surface area contributed by atoms with E-state index in [-0.39, 0.29) is 29.6 Å². The third-order valence-corrected chi connectivity index (χ3v) is 7.22. The van der Waals surface area contributed by atoms with Gasteiger partial charge >= 0.3 is 0 Å². The van der Waals surface area contributed by atoms with Crippen molar-refractivity contribution < 1.29 is 18.7 Å². The van der Waals surface area contributed by atoms with Crippen LogP contribution < -0.4 is 20.5 Å². The number of amides is 1. The van der Waals surface area contributed by atoms with E-state index >= 15 is 0 Å². The highest BCUT2D eigenvalue weighted by Gasteiger charge is 2.17. The predicted octanol–water partition coefficient (Wildman–Crippen LogP) is 4.16. The van der Waals surface area contributed by atoms with Gasteiger partial charge in [0.1, 0.15) is 11.6 Å². The van der Waals surface area contributed by atoms with Crippen LogP contribution >= 0.6 is 11.8 Å². The largest absolute Gasteiger partial charge is 0.497 e. The van der Waals surface area contributed by atoms with Crippen LogP contribution in [0.15, 0.2) is 76.7 Å². The molecule has 1 N–H and O–H groups in total. The Balaban J connectivity index is 1.45. The topological polar surface area (TPSA) is 85.7 Å². The summed E-state index contributed by atoms with van der Waals surface area (Å²) in [5.74, 6) is 0.0932. The number of carbonyl (C=O) groups is 1. The molecule has 8 nitrogen and oxygen atoms in total. The number of thioether (sulfide) groups is 1. The summed E-state index contributed by atoms with van der Waals surface area (Å²) in [7, 11) is 1.60. The van der Waals surface area contributed by atoms with Crippen molar-refractivity contribution in [1.82, 2.24) is 9.55 Å². The molecule has 2 heterocycles. The van der Waals surface area contributed by atoms with Gasteiger partial charge < -0.3 is 19.7 Å². The molecule has 196 valence electrons. The Morgan fingerprint density at radius 3 is 2.53 bits per heavy atom. The zero-order valence-corrected chi connectivity index (χ0v) is 21.7. The van der Waals surface area contributed by atoms with Gasteiger partial charge in [0.2, 0.25) is 5.91 Å². The number of carbonyl (C=O) groups excluding carboxylic acids is 1. The van der Waals surface area contributed by atoms with Gasteiger partial charge in [-0.1, -0.05) is 23.9 Å². The first kappa shape index (κ1) is 25.7. The minimum absolute atomic E-state index is 0.0315. The molecule has 3 aromatic carbocycles. The molecule has 10 heteroatoms. The Kier molecular flexibility index (Phi) is 7.90. The lowest BCUT2D eigenvalue weighted by molar-refractivity contribution is -0.113. The van der Waals surface area contributed by atoms with E-state index in [4.69, 9.17) is 14.5 Å². The number of morpholine rings is 1. The van der Waals surface area contributed by atoms with Crippen LogP contribution in [-0.2, 0) is 16.1 Å². The Bertz CT molecular complexity index is 1490. The van der Waals surface area contributed by atoms with Crippen LogP contribution in [-0.4, -0.2) is 54.6 Å². The van der Waals surface area contributed by atoms with E-state index in [1.54, 1.807) is 11.7 Å². The molecular weight excluding hydrogens is 507 g/mol. The maximum absolute atomic E-state index is 13.8. The third kappa shape index (κ3) is 5.98. The molecule has 1 aliphatic rings. The Hall–Kier alpha value is -3.89. The first-order valence-corrected chi connectivity index (χ1v) is 13.2. The normalized spacial score (nSPS) is 13.5. The number of aromatic nitrogens is 2. The van der Waals surface area contributed by atoms with Crippen molar-refractivity contribution in [2.75, 3.05) is 49.4 Å². The van der Waals surface area contributed by atoms with Crippen LogP contribution in [0.25, 0.3) is 10.9 Å². The highest BCUT2D eigenvalue weighted by molar-refractivity contribution is 7.99. The van der Waals surface area contributed by atoms with Crippen molar-refractivity contribution >= 4 is 39.9 Å². The quantitative estimate of drug-likeness (QED) is 0.268. The first-order valence-electron chi connectivity index (χ1n) is 12.2. The number of halogens is 1. The number of hydrogen-bond acceptors (Lipinski definition) is 7. The molecular formula is C28H27FN4O4S. The lowest BCUT2D eigenvalue weighted by atomic mass is 10.2. The highest BCUT2D eigenvalue weighted by Crippen LogP contribution is 2.24. The van der Waals surface area contributed by atoms with Crippen LogP contribution in [0.2, 0.25) is 0 Å². The SMILES string of the molecule is COc1ccc(Cn2c(SCC(=O)Nc3ccc(F)cc3)nc3ccc(N4CCOCC4)cc3c2=O)cc1. The van der Waals surface area contributed by atoms with Crippen LogP contribution in [0.4, 0.5) is 15.8 Å². The van der Waals surface area contributed by atoms with Gasteiger partial charge in [0.05, 0.1) is 43.5 Å². The van der Waals surface area contributed by atoms with Gasteiger partial charge in [-0.2, -0.15) is 0 Å². The van der Waals surface area contributed by atoms with Gasteiger partial charge in [-0.25, -0.2) is 9.37 Å². The first-order chi connectivity index (χ1) is 18.5. The minimum atomic E-state index is -0.378. The molecule has 38 heavy (non-hydrogen) atoms. The van der Waals surface area contributed by atoms with Crippen molar-refractivity contribution in [1.29, 1.82) is 0 Å². The number of benzene rings is 3. The summed E-state index contributed by atoms with van der Waals surface area (Å²) in [6, 6.07) is 18.7. The van der Waals surface area contributed by atoms with Crippen LogP contribution in [0.3, 0.4) is 0 Å². The van der Waals surface area contributed by atoms with Crippen molar-refractivity contribution in [3.05, 3.63) is 88.5 Å². The highest BCUT2D eigenvalue weighted by atomic mass is 32.2. The zero-order chi connectivity index (χ0) is 26.5. The molecule has 5 rings (SSSR count). The van der Waals surface area contributed by atoms with Crippen LogP contribution in [0.5, 0.6) is 5.75 Å². The molecule has 1 aliphatic heterocycles. The Morgan fingerprint density at radius 1 is 1.08 bits per heavy atom. The number of fused-ring (bicyclic) bond motifs is 1. The van der Waals surface area contributed by atoms with Gasteiger partial charge in [-0.15, -0.1) is 0 Å². The van der Waals surface area contributed by atoms with Gasteiger partial charge in [0.15, 0.2) is 5.16 Å². The van der Waals surface area contributed by atoms with E-state index in [0.29, 0.717) is 35.0 Å². The van der Waals surface area contributed by atoms with E-state index in [9.17, 15) is 14.0 Å². The molecule has 0 radical (unpaired) electrons. The maximum atomic E-state index is 13.8. The Morgan fingerprint density at radius 2 is 1.82 bits per heavy atom. The van der Waals surface area contributed by atoms with Gasteiger partial charge in [0, 0.05) is 24.5 Å². The summed E-state index contributed by atoms with van der Waals surface area (Å²) in [4.78, 5) is 33.4. The molecule has 1 amide bonds. The average molecular weight is 535 g/mol. The number of hydrogen-bond donors (Lipinski definition) is 1. The van der Waals surface area contributed by atoms with Gasteiger partial charge in [-0.05, 0) is 60.2 Å². The summed E-state index contributed by atoms with van der Waals surface area (Å²) in [6.07, 6.45) is 0. The second-order valence-electron chi connectivity index (χ2n) is 8.78. The molecule has 0 bridgehead atoms. The molecule has 0 unspecified atom stereocenters. The molecule has 1 fully saturated rings. The minimum Gasteiger partial charge on any atom is -0.497 e. The standard InChI is InChI=1S/C28H27FN4O4S/c1-36-23-9-2-19(3-10-23)17-33-27(35)24-16-22(32-12-14-37-15-13-32)8-11-25(24)31-28(33)38-18-26(34)30-21-6-4-20(29)5-7-21/h2-11,16H,12-15,17-18H2,1H3,(H,30,34). The predicted molar refractivity (Wildman–Crippen MR) is 147 cm³/mol. The van der Waals surface area contributed by atoms with E-state index < -0.39 is 0 Å². The number of nitrogens with zero attached hydrogens (tertiary/aromatic N) is 3. The van der Waals surface area contributed by atoms with Gasteiger partial charge in [-0.3, -0.25) is 14.2 Å². The van der Waals surface area contributed by atoms with Crippen LogP contribution in [0, 0.1) is 5.82 Å². The van der Waals surface area contributed by atoms with E-state index in [1.807, 2.05) is 42.5 Å². The summed E-state index contributed by atoms with van der Waals surface area (Å²) in [5.41, 5.74) is 2.74. The number of ether oxygens (including phenoxy) is 2. The second kappa shape index (κ2) is 11.7. The fourth-order valence-electron chi connectivity index (χ4n) is 4.23. The summed E-state index contributed by atoms with van der Waals surface area (Å²) < 4.78 is 25.5. The number of anilines is 2. The fraction of sp³-hybridized carbons (Fsp3) is 0.250. The summed E-state index contributed by atoms with van der Waals surface area (Å²) in [6.45, 7) is 3.10. The third-order valence-electron chi connectivity index (χ3n) is 6.24. The maximum Gasteiger partial charge on any atom is 0.262 e. The Labute approximate surface area is 223 Å². The number of rotatable bonds is 8. The average Bonchev–Trinajstić information content (AvgIpc) is 2.95. The van der Waals surface area contributed by atoms with E-state index in [1.165, 1.54) is 36.0 Å². The van der Waals surface area contributed by atoms with Crippen LogP contribution in [0.1, 0.15) is 5.56 Å². The number of nitrogens with one attached hydrogen (secondary N) is 1. The van der Waals surface area contributed by atoms with Crippen molar-refractivity contribution in [2.45, 2.75) is 11.7 Å². The fourth-order valence-corrected chi connectivity index (χ4v) is 5.03. The lowest BCUT2D eigenvalue weighted by Crippen LogP contribution is -2.36. The summed E-state index contributed by atoms with van der Waals surface area (Å²) in [5, 5.41) is 3.70. The van der Waals surface area contributed by atoms with Crippen molar-refractivity contribution in [3.8, 4) is 5.75 Å². The smallest absolute Gasteiger partial charge is 0.262 e. The van der Waals surface area contributed by atoms with E-state index in [2.05, 4.69) is 10.2 Å². The molecule has 0 spiro atoms. The molecule has 4 aromatic rings. The van der Waals surface area contributed by atoms with Crippen molar-refractivity contribution in [3.63, 3.8) is 0 Å². The van der Waals surface area contributed by atoms with Crippen molar-refractivity contribution in [2.24, 2.45) is 0 Å².